The van der Waals surface area contributed by atoms with Gasteiger partial charge in [0.05, 0.1) is 13.2 Å². The van der Waals surface area contributed by atoms with Gasteiger partial charge >= 0.3 is 0 Å². The highest BCUT2D eigenvalue weighted by atomic mass is 16.3. The molecule has 0 bridgehead atoms. The monoisotopic (exact) mass is 306 g/mol. The first-order valence-corrected chi connectivity index (χ1v) is 8.93. The van der Waals surface area contributed by atoms with Crippen LogP contribution in [-0.2, 0) is 12.8 Å². The minimum atomic E-state index is -0.368. The van der Waals surface area contributed by atoms with Gasteiger partial charge in [-0.3, -0.25) is 0 Å². The molecular weight excluding hydrogens is 272 g/mol. The lowest BCUT2D eigenvalue weighted by Crippen LogP contribution is -2.26. The molecule has 0 atom stereocenters. The summed E-state index contributed by atoms with van der Waals surface area (Å²) < 4.78 is 0. The summed E-state index contributed by atoms with van der Waals surface area (Å²) in [4.78, 5) is 0. The number of hydrogen-bond acceptors (Lipinski definition) is 2. The third-order valence-electron chi connectivity index (χ3n) is 4.68. The number of hydrogen-bond donors (Lipinski definition) is 2. The molecule has 1 aromatic carbocycles. The Labute approximate surface area is 136 Å². The third kappa shape index (κ3) is 6.93. The van der Waals surface area contributed by atoms with Gasteiger partial charge in [-0.15, -0.1) is 0 Å². The van der Waals surface area contributed by atoms with E-state index in [2.05, 4.69) is 31.2 Å². The zero-order valence-electron chi connectivity index (χ0n) is 14.5. The quantitative estimate of drug-likeness (QED) is 0.558. The molecule has 0 radical (unpaired) electrons. The Morgan fingerprint density at radius 3 is 1.95 bits per heavy atom. The van der Waals surface area contributed by atoms with Crippen molar-refractivity contribution < 1.29 is 10.2 Å². The molecule has 0 fully saturated rings. The summed E-state index contributed by atoms with van der Waals surface area (Å²) in [5.74, 6) is 0. The van der Waals surface area contributed by atoms with Crippen molar-refractivity contribution in [3.8, 4) is 0 Å². The average molecular weight is 306 g/mol. The fourth-order valence-corrected chi connectivity index (χ4v) is 2.79. The van der Waals surface area contributed by atoms with Crippen LogP contribution in [0.5, 0.6) is 0 Å². The van der Waals surface area contributed by atoms with Crippen LogP contribution in [0.1, 0.15) is 69.9 Å². The highest BCUT2D eigenvalue weighted by Crippen LogP contribution is 2.24. The van der Waals surface area contributed by atoms with Gasteiger partial charge in [-0.25, -0.2) is 0 Å². The molecular formula is C20H34O2. The van der Waals surface area contributed by atoms with Gasteiger partial charge in [0, 0.05) is 5.41 Å². The molecule has 2 heteroatoms. The molecule has 0 aromatic heterocycles. The second kappa shape index (κ2) is 10.8. The van der Waals surface area contributed by atoms with E-state index in [0.717, 1.165) is 19.3 Å². The van der Waals surface area contributed by atoms with E-state index < -0.39 is 0 Å². The highest BCUT2D eigenvalue weighted by Gasteiger charge is 2.22. The molecule has 0 saturated heterocycles. The van der Waals surface area contributed by atoms with E-state index in [1.54, 1.807) is 0 Å². The van der Waals surface area contributed by atoms with Crippen LogP contribution in [-0.4, -0.2) is 23.4 Å². The van der Waals surface area contributed by atoms with Crippen LogP contribution in [0.4, 0.5) is 0 Å². The standard InChI is InChI=1S/C20H34O2/c1-3-4-5-6-7-8-11-18-12-9-10-13-19(18)14-15-20(2,16-21)17-22/h9-10,12-13,21-22H,3-8,11,14-17H2,1-2H3. The lowest BCUT2D eigenvalue weighted by Gasteiger charge is -2.25. The molecule has 1 aromatic rings. The van der Waals surface area contributed by atoms with Crippen molar-refractivity contribution in [2.45, 2.75) is 71.6 Å². The lowest BCUT2D eigenvalue weighted by molar-refractivity contribution is 0.0631. The van der Waals surface area contributed by atoms with E-state index in [-0.39, 0.29) is 18.6 Å². The first-order valence-electron chi connectivity index (χ1n) is 8.93. The topological polar surface area (TPSA) is 40.5 Å². The maximum Gasteiger partial charge on any atom is 0.0506 e. The van der Waals surface area contributed by atoms with Crippen molar-refractivity contribution in [3.05, 3.63) is 35.4 Å². The number of benzene rings is 1. The number of rotatable bonds is 12. The summed E-state index contributed by atoms with van der Waals surface area (Å²) in [5.41, 5.74) is 2.45. The van der Waals surface area contributed by atoms with Crippen LogP contribution in [0.3, 0.4) is 0 Å². The second-order valence-corrected chi connectivity index (χ2v) is 6.91. The summed E-state index contributed by atoms with van der Waals surface area (Å²) in [7, 11) is 0. The first-order chi connectivity index (χ1) is 10.6. The average Bonchev–Trinajstić information content (AvgIpc) is 2.56. The Balaban J connectivity index is 2.44. The Morgan fingerprint density at radius 1 is 0.818 bits per heavy atom. The summed E-state index contributed by atoms with van der Waals surface area (Å²) in [6, 6.07) is 8.64. The molecule has 0 unspecified atom stereocenters. The zero-order chi connectivity index (χ0) is 16.3. The van der Waals surface area contributed by atoms with Crippen molar-refractivity contribution in [3.63, 3.8) is 0 Å². The van der Waals surface area contributed by atoms with E-state index in [9.17, 15) is 10.2 Å². The zero-order valence-corrected chi connectivity index (χ0v) is 14.5. The van der Waals surface area contributed by atoms with Gasteiger partial charge in [-0.2, -0.15) is 0 Å². The molecule has 0 amide bonds. The van der Waals surface area contributed by atoms with E-state index in [1.165, 1.54) is 49.7 Å². The van der Waals surface area contributed by atoms with E-state index in [1.807, 2.05) is 6.92 Å². The molecule has 126 valence electrons. The minimum absolute atomic E-state index is 0.0447. The molecule has 2 N–H and O–H groups in total. The van der Waals surface area contributed by atoms with Crippen molar-refractivity contribution in [1.29, 1.82) is 0 Å². The fraction of sp³-hybridized carbons (Fsp3) is 0.700. The predicted octanol–water partition coefficient (Wildman–Crippen LogP) is 4.51. The molecule has 0 heterocycles. The van der Waals surface area contributed by atoms with Gasteiger partial charge in [0.1, 0.15) is 0 Å². The van der Waals surface area contributed by atoms with Crippen LogP contribution in [0.25, 0.3) is 0 Å². The molecule has 0 aliphatic carbocycles. The molecule has 0 aliphatic rings. The molecule has 1 rings (SSSR count). The summed E-state index contributed by atoms with van der Waals surface area (Å²) >= 11 is 0. The van der Waals surface area contributed by atoms with E-state index in [0.29, 0.717) is 0 Å². The SMILES string of the molecule is CCCCCCCCc1ccccc1CCC(C)(CO)CO. The second-order valence-electron chi connectivity index (χ2n) is 6.91. The molecule has 2 nitrogen and oxygen atoms in total. The molecule has 0 spiro atoms. The molecule has 22 heavy (non-hydrogen) atoms. The van der Waals surface area contributed by atoms with Crippen molar-refractivity contribution in [1.82, 2.24) is 0 Å². The third-order valence-corrected chi connectivity index (χ3v) is 4.68. The van der Waals surface area contributed by atoms with E-state index >= 15 is 0 Å². The first kappa shape index (κ1) is 19.2. The van der Waals surface area contributed by atoms with Crippen LogP contribution in [0.2, 0.25) is 0 Å². The summed E-state index contributed by atoms with van der Waals surface area (Å²) in [6.45, 7) is 4.29. The Kier molecular flexibility index (Phi) is 9.42. The Morgan fingerprint density at radius 2 is 1.36 bits per heavy atom. The molecule has 0 aliphatic heterocycles. The van der Waals surface area contributed by atoms with Crippen LogP contribution < -0.4 is 0 Å². The van der Waals surface area contributed by atoms with Crippen LogP contribution in [0.15, 0.2) is 24.3 Å². The maximum atomic E-state index is 9.42. The van der Waals surface area contributed by atoms with Gasteiger partial charge < -0.3 is 10.2 Å². The van der Waals surface area contributed by atoms with Gasteiger partial charge in [0.25, 0.3) is 0 Å². The van der Waals surface area contributed by atoms with Gasteiger partial charge in [0.15, 0.2) is 0 Å². The number of aryl methyl sites for hydroxylation is 2. The maximum absolute atomic E-state index is 9.42. The van der Waals surface area contributed by atoms with Gasteiger partial charge in [-0.05, 0) is 36.8 Å². The minimum Gasteiger partial charge on any atom is -0.396 e. The van der Waals surface area contributed by atoms with Gasteiger partial charge in [0.2, 0.25) is 0 Å². The predicted molar refractivity (Wildman–Crippen MR) is 94.1 cm³/mol. The van der Waals surface area contributed by atoms with Crippen LogP contribution in [0, 0.1) is 5.41 Å². The number of aliphatic hydroxyl groups excluding tert-OH is 2. The van der Waals surface area contributed by atoms with Crippen molar-refractivity contribution >= 4 is 0 Å². The number of unbranched alkanes of at least 4 members (excludes halogenated alkanes) is 5. The fourth-order valence-electron chi connectivity index (χ4n) is 2.79. The largest absolute Gasteiger partial charge is 0.396 e. The Hall–Kier alpha value is -0.860. The highest BCUT2D eigenvalue weighted by molar-refractivity contribution is 5.27. The normalized spacial score (nSPS) is 11.8. The van der Waals surface area contributed by atoms with Crippen molar-refractivity contribution in [2.24, 2.45) is 5.41 Å². The van der Waals surface area contributed by atoms with Crippen LogP contribution >= 0.6 is 0 Å². The smallest absolute Gasteiger partial charge is 0.0506 e. The van der Waals surface area contributed by atoms with E-state index in [4.69, 9.17) is 0 Å². The summed E-state index contributed by atoms with van der Waals surface area (Å²) in [5, 5.41) is 18.8. The lowest BCUT2D eigenvalue weighted by atomic mass is 9.84. The Bertz CT molecular complexity index is 396. The van der Waals surface area contributed by atoms with Gasteiger partial charge in [-0.1, -0.05) is 70.2 Å². The molecule has 0 saturated carbocycles. The number of aliphatic hydroxyl groups is 2. The van der Waals surface area contributed by atoms with Crippen molar-refractivity contribution in [2.75, 3.05) is 13.2 Å². The summed E-state index contributed by atoms with van der Waals surface area (Å²) in [6.07, 6.45) is 10.9.